The van der Waals surface area contributed by atoms with Crippen LogP contribution in [0.2, 0.25) is 0 Å². The van der Waals surface area contributed by atoms with E-state index in [1.54, 1.807) is 0 Å². The SMILES string of the molecule is N#CC12OC3CC(CC(C3)O1)O2. The van der Waals surface area contributed by atoms with Gasteiger partial charge >= 0.3 is 5.97 Å². The van der Waals surface area contributed by atoms with Crippen molar-refractivity contribution in [2.45, 2.75) is 43.5 Å². The molecule has 0 aromatic rings. The number of nitrogens with zero attached hydrogens (tertiary/aromatic N) is 1. The van der Waals surface area contributed by atoms with Crippen molar-refractivity contribution in [1.82, 2.24) is 0 Å². The van der Waals surface area contributed by atoms with Crippen LogP contribution >= 0.6 is 0 Å². The quantitative estimate of drug-likeness (QED) is 0.528. The Morgan fingerprint density at radius 1 is 1.00 bits per heavy atom. The van der Waals surface area contributed by atoms with Gasteiger partial charge in [0.25, 0.3) is 0 Å². The van der Waals surface area contributed by atoms with Crippen LogP contribution in [0.25, 0.3) is 0 Å². The third kappa shape index (κ3) is 0.761. The van der Waals surface area contributed by atoms with Crippen LogP contribution in [0.1, 0.15) is 19.3 Å². The summed E-state index contributed by atoms with van der Waals surface area (Å²) in [6.07, 6.45) is 3.29. The molecule has 3 aliphatic heterocycles. The first-order valence-electron chi connectivity index (χ1n) is 4.24. The average Bonchev–Trinajstić information content (AvgIpc) is 2.02. The number of rotatable bonds is 0. The van der Waals surface area contributed by atoms with Crippen molar-refractivity contribution in [1.29, 1.82) is 5.26 Å². The second-order valence-electron chi connectivity index (χ2n) is 3.59. The summed E-state index contributed by atoms with van der Waals surface area (Å²) in [5.74, 6) is -1.35. The molecule has 0 atom stereocenters. The molecule has 0 radical (unpaired) electrons. The fourth-order valence-corrected chi connectivity index (χ4v) is 2.28. The van der Waals surface area contributed by atoms with E-state index in [0.717, 1.165) is 19.3 Å². The number of nitriles is 1. The summed E-state index contributed by atoms with van der Waals surface area (Å²) in [5.41, 5.74) is 0. The first-order valence-corrected chi connectivity index (χ1v) is 4.24. The summed E-state index contributed by atoms with van der Waals surface area (Å²) in [6.45, 7) is 0. The zero-order valence-electron chi connectivity index (χ0n) is 6.53. The molecule has 4 fully saturated rings. The Morgan fingerprint density at radius 3 is 1.75 bits per heavy atom. The van der Waals surface area contributed by atoms with Crippen molar-refractivity contribution in [3.05, 3.63) is 0 Å². The highest BCUT2D eigenvalue weighted by molar-refractivity contribution is 5.00. The molecule has 4 aliphatic rings. The van der Waals surface area contributed by atoms with E-state index >= 15 is 0 Å². The summed E-state index contributed by atoms with van der Waals surface area (Å²) in [6, 6.07) is 1.94. The molecule has 0 aromatic carbocycles. The Morgan fingerprint density at radius 2 is 1.42 bits per heavy atom. The molecule has 4 nitrogen and oxygen atoms in total. The van der Waals surface area contributed by atoms with Gasteiger partial charge in [-0.3, -0.25) is 0 Å². The van der Waals surface area contributed by atoms with Crippen LogP contribution in [-0.4, -0.2) is 24.3 Å². The lowest BCUT2D eigenvalue weighted by atomic mass is 9.89. The molecule has 12 heavy (non-hydrogen) atoms. The molecule has 3 heterocycles. The smallest absolute Gasteiger partial charge is 0.312 e. The van der Waals surface area contributed by atoms with Crippen LogP contribution < -0.4 is 0 Å². The first kappa shape index (κ1) is 6.84. The van der Waals surface area contributed by atoms with Gasteiger partial charge in [-0.2, -0.15) is 5.26 Å². The molecule has 4 heteroatoms. The van der Waals surface area contributed by atoms with Gasteiger partial charge in [0, 0.05) is 19.3 Å². The molecule has 1 saturated carbocycles. The highest BCUT2D eigenvalue weighted by atomic mass is 16.9. The standard InChI is InChI=1S/C8H9NO3/c9-4-8-10-5-1-6(11-8)3-7(2-5)12-8/h5-7H,1-3H2. The lowest BCUT2D eigenvalue weighted by molar-refractivity contribution is -0.466. The van der Waals surface area contributed by atoms with Crippen LogP contribution in [0, 0.1) is 11.3 Å². The molecule has 0 amide bonds. The van der Waals surface area contributed by atoms with Gasteiger partial charge in [0.2, 0.25) is 0 Å². The average molecular weight is 167 g/mol. The van der Waals surface area contributed by atoms with Gasteiger partial charge in [-0.25, -0.2) is 0 Å². The summed E-state index contributed by atoms with van der Waals surface area (Å²) in [4.78, 5) is 0. The molecule has 4 rings (SSSR count). The van der Waals surface area contributed by atoms with E-state index in [9.17, 15) is 0 Å². The third-order valence-electron chi connectivity index (χ3n) is 2.68. The van der Waals surface area contributed by atoms with E-state index in [1.807, 2.05) is 6.07 Å². The van der Waals surface area contributed by atoms with Gasteiger partial charge in [0.1, 0.15) is 0 Å². The summed E-state index contributed by atoms with van der Waals surface area (Å²) in [7, 11) is 0. The molecule has 1 aliphatic carbocycles. The minimum Gasteiger partial charge on any atom is -0.312 e. The van der Waals surface area contributed by atoms with Gasteiger partial charge < -0.3 is 14.2 Å². The highest BCUT2D eigenvalue weighted by Gasteiger charge is 2.55. The zero-order valence-corrected chi connectivity index (χ0v) is 6.53. The summed E-state index contributed by atoms with van der Waals surface area (Å²) >= 11 is 0. The molecule has 0 unspecified atom stereocenters. The lowest BCUT2D eigenvalue weighted by Crippen LogP contribution is -2.61. The fourth-order valence-electron chi connectivity index (χ4n) is 2.28. The van der Waals surface area contributed by atoms with Crippen molar-refractivity contribution in [3.8, 4) is 6.07 Å². The van der Waals surface area contributed by atoms with Gasteiger partial charge in [-0.1, -0.05) is 0 Å². The van der Waals surface area contributed by atoms with Gasteiger partial charge in [-0.15, -0.1) is 0 Å². The normalized spacial score (nSPS) is 55.4. The molecule has 4 bridgehead atoms. The monoisotopic (exact) mass is 167 g/mol. The van der Waals surface area contributed by atoms with Crippen LogP contribution in [0.3, 0.4) is 0 Å². The highest BCUT2D eigenvalue weighted by Crippen LogP contribution is 2.44. The van der Waals surface area contributed by atoms with E-state index in [-0.39, 0.29) is 18.3 Å². The largest absolute Gasteiger partial charge is 0.379 e. The van der Waals surface area contributed by atoms with Crippen LogP contribution in [0.4, 0.5) is 0 Å². The molecule has 0 spiro atoms. The minimum absolute atomic E-state index is 0.177. The Balaban J connectivity index is 1.97. The molecular formula is C8H9NO3. The van der Waals surface area contributed by atoms with Gasteiger partial charge in [0.05, 0.1) is 18.3 Å². The van der Waals surface area contributed by atoms with E-state index < -0.39 is 5.97 Å². The lowest BCUT2D eigenvalue weighted by Gasteiger charge is -2.51. The van der Waals surface area contributed by atoms with Crippen molar-refractivity contribution in [2.75, 3.05) is 0 Å². The summed E-state index contributed by atoms with van der Waals surface area (Å²) < 4.78 is 16.1. The Hall–Kier alpha value is -0.630. The third-order valence-corrected chi connectivity index (χ3v) is 2.68. The molecular weight excluding hydrogens is 158 g/mol. The fraction of sp³-hybridized carbons (Fsp3) is 0.875. The van der Waals surface area contributed by atoms with Crippen molar-refractivity contribution >= 4 is 0 Å². The maximum absolute atomic E-state index is 8.81. The van der Waals surface area contributed by atoms with Crippen LogP contribution in [0.5, 0.6) is 0 Å². The Kier molecular flexibility index (Phi) is 1.14. The zero-order chi connectivity index (χ0) is 8.18. The van der Waals surface area contributed by atoms with Gasteiger partial charge in [-0.05, 0) is 0 Å². The molecule has 0 N–H and O–H groups in total. The van der Waals surface area contributed by atoms with E-state index in [1.165, 1.54) is 0 Å². The number of hydrogen-bond donors (Lipinski definition) is 0. The van der Waals surface area contributed by atoms with Crippen LogP contribution in [-0.2, 0) is 14.2 Å². The Labute approximate surface area is 70.0 Å². The second kappa shape index (κ2) is 1.99. The molecule has 64 valence electrons. The predicted molar refractivity (Wildman–Crippen MR) is 36.8 cm³/mol. The van der Waals surface area contributed by atoms with Crippen LogP contribution in [0.15, 0.2) is 0 Å². The topological polar surface area (TPSA) is 51.5 Å². The van der Waals surface area contributed by atoms with Gasteiger partial charge in [0.15, 0.2) is 6.07 Å². The second-order valence-corrected chi connectivity index (χ2v) is 3.59. The van der Waals surface area contributed by atoms with Crippen molar-refractivity contribution < 1.29 is 14.2 Å². The minimum atomic E-state index is -1.35. The van der Waals surface area contributed by atoms with E-state index in [0.29, 0.717) is 0 Å². The molecule has 0 aromatic heterocycles. The van der Waals surface area contributed by atoms with E-state index in [2.05, 4.69) is 0 Å². The predicted octanol–water partition coefficient (Wildman–Crippen LogP) is 0.530. The maximum atomic E-state index is 8.81. The van der Waals surface area contributed by atoms with E-state index in [4.69, 9.17) is 19.5 Å². The Bertz CT molecular complexity index is 222. The maximum Gasteiger partial charge on any atom is 0.379 e. The number of ether oxygens (including phenoxy) is 3. The molecule has 3 saturated heterocycles. The first-order chi connectivity index (χ1) is 5.80. The van der Waals surface area contributed by atoms with Crippen molar-refractivity contribution in [2.24, 2.45) is 0 Å². The van der Waals surface area contributed by atoms with Crippen molar-refractivity contribution in [3.63, 3.8) is 0 Å². The summed E-state index contributed by atoms with van der Waals surface area (Å²) in [5, 5.41) is 8.81. The number of hydrogen-bond acceptors (Lipinski definition) is 4.